The number of rotatable bonds is 10. The first kappa shape index (κ1) is 46.2. The highest BCUT2D eigenvalue weighted by molar-refractivity contribution is 6.00. The van der Waals surface area contributed by atoms with Crippen molar-refractivity contribution in [2.24, 2.45) is 32.6 Å². The van der Waals surface area contributed by atoms with Crippen molar-refractivity contribution >= 4 is 50.3 Å². The average molecular weight is 883 g/mol. The highest BCUT2D eigenvalue weighted by Crippen LogP contribution is 2.41. The molecule has 6 N–H and O–H groups in total. The second-order valence-corrected chi connectivity index (χ2v) is 16.6. The number of nitrogens with zero attached hydrogens (tertiary/aromatic N) is 4. The molecule has 6 aromatic carbocycles. The van der Waals surface area contributed by atoms with Crippen LogP contribution in [0.3, 0.4) is 0 Å². The molecule has 0 spiro atoms. The summed E-state index contributed by atoms with van der Waals surface area (Å²) in [7, 11) is 5.91. The predicted octanol–water partition coefficient (Wildman–Crippen LogP) is 10.3. The van der Waals surface area contributed by atoms with Crippen molar-refractivity contribution in [1.82, 2.24) is 13.7 Å². The highest BCUT2D eigenvalue weighted by atomic mass is 16.6. The van der Waals surface area contributed by atoms with Crippen molar-refractivity contribution in [2.75, 3.05) is 0 Å². The van der Waals surface area contributed by atoms with Crippen molar-refractivity contribution in [3.63, 3.8) is 0 Å². The zero-order chi connectivity index (χ0) is 47.4. The zero-order valence-corrected chi connectivity index (χ0v) is 37.9. The molecule has 0 saturated heterocycles. The molecule has 336 valence electrons. The Morgan fingerprint density at radius 3 is 1.55 bits per heavy atom. The predicted molar refractivity (Wildman–Crippen MR) is 265 cm³/mol. The number of carboxylic acid groups (broad SMARTS) is 2. The lowest BCUT2D eigenvalue weighted by Gasteiger charge is -2.09. The van der Waals surface area contributed by atoms with Crippen molar-refractivity contribution in [1.29, 1.82) is 0 Å². The average Bonchev–Trinajstić information content (AvgIpc) is 3.85. The van der Waals surface area contributed by atoms with E-state index in [-0.39, 0.29) is 12.1 Å². The van der Waals surface area contributed by atoms with Crippen LogP contribution in [0.5, 0.6) is 0 Å². The van der Waals surface area contributed by atoms with E-state index < -0.39 is 28.9 Å². The second kappa shape index (κ2) is 19.5. The Labute approximate surface area is 383 Å². The number of carboxylic acids is 2. The molecule has 0 amide bonds. The molecule has 3 heterocycles. The van der Waals surface area contributed by atoms with Crippen LogP contribution >= 0.6 is 0 Å². The summed E-state index contributed by atoms with van der Waals surface area (Å²) in [5.41, 5.74) is 25.3. The largest absolute Gasteiger partial charge is 0.480 e. The maximum atomic E-state index is 12.0. The fourth-order valence-corrected chi connectivity index (χ4v) is 8.64. The van der Waals surface area contributed by atoms with Gasteiger partial charge in [0.25, 0.3) is 5.69 Å². The number of carbonyl (C=O) groups is 2. The van der Waals surface area contributed by atoms with Gasteiger partial charge in [-0.15, -0.1) is 0 Å². The number of nitrogens with two attached hydrogens (primary N) is 2. The number of hydrogen-bond acceptors (Lipinski definition) is 6. The van der Waals surface area contributed by atoms with Gasteiger partial charge in [0.05, 0.1) is 21.4 Å². The van der Waals surface area contributed by atoms with Gasteiger partial charge in [-0.2, -0.15) is 0 Å². The fraction of sp³-hybridized carbons (Fsp3) is 0.185. The molecule has 0 fully saturated rings. The van der Waals surface area contributed by atoms with Crippen LogP contribution < -0.4 is 11.5 Å². The Bertz CT molecular complexity index is 3220. The van der Waals surface area contributed by atoms with E-state index >= 15 is 0 Å². The lowest BCUT2D eigenvalue weighted by molar-refractivity contribution is -0.382. The van der Waals surface area contributed by atoms with Crippen molar-refractivity contribution in [3.05, 3.63) is 184 Å². The molecule has 2 unspecified atom stereocenters. The van der Waals surface area contributed by atoms with E-state index in [1.54, 1.807) is 13.1 Å². The second-order valence-electron chi connectivity index (χ2n) is 16.6. The minimum Gasteiger partial charge on any atom is -0.480 e. The van der Waals surface area contributed by atoms with Crippen LogP contribution in [0.2, 0.25) is 0 Å². The van der Waals surface area contributed by atoms with Gasteiger partial charge in [0, 0.05) is 72.9 Å². The number of aromatic nitrogens is 3. The number of nitro benzene ring substituents is 1. The Morgan fingerprint density at radius 2 is 1.02 bits per heavy atom. The van der Waals surface area contributed by atoms with E-state index in [1.165, 1.54) is 27.7 Å². The van der Waals surface area contributed by atoms with Crippen LogP contribution in [0.4, 0.5) is 5.69 Å². The first-order valence-corrected chi connectivity index (χ1v) is 21.6. The third-order valence-electron chi connectivity index (χ3n) is 12.6. The standard InChI is InChI=1S/C19H19N3O4.C19H20N2O2.C16H15N/c1-11-14(10-15(20)19(23)24)17-16(21(11)2)9-8-13(18(17)22(25)26)12-6-4-3-5-7-12;1-12-15(11-17(20)19(22)23)16-10-14(8-9-18(16)21(12)2)13-6-4-3-5-7-13;1-12-10-15-11-14(8-9-16(15)17(12)2)13-6-4-3-5-7-13/h3-9,15H,10,20H2,1-2H3,(H,23,24);3-10,17H,11,20H2,1-2H3,(H,22,23);3-11H,1-2H3. The Morgan fingerprint density at radius 1 is 0.561 bits per heavy atom. The van der Waals surface area contributed by atoms with Crippen molar-refractivity contribution in [2.45, 2.75) is 45.7 Å². The summed E-state index contributed by atoms with van der Waals surface area (Å²) in [4.78, 5) is 33.9. The summed E-state index contributed by atoms with van der Waals surface area (Å²) in [5, 5.41) is 33.1. The summed E-state index contributed by atoms with van der Waals surface area (Å²) in [6.07, 6.45) is 0.355. The molecule has 12 heteroatoms. The summed E-state index contributed by atoms with van der Waals surface area (Å²) in [6, 6.07) is 46.5. The Balaban J connectivity index is 0.000000150. The molecular formula is C54H54N6O6. The van der Waals surface area contributed by atoms with Crippen molar-refractivity contribution < 1.29 is 24.7 Å². The number of fused-ring (bicyclic) bond motifs is 3. The molecule has 0 aliphatic carbocycles. The first-order valence-electron chi connectivity index (χ1n) is 21.6. The number of aliphatic carboxylic acids is 2. The highest BCUT2D eigenvalue weighted by Gasteiger charge is 2.28. The number of nitro groups is 1. The molecule has 12 nitrogen and oxygen atoms in total. The molecule has 9 aromatic rings. The van der Waals surface area contributed by atoms with Crippen LogP contribution in [0.15, 0.2) is 146 Å². The summed E-state index contributed by atoms with van der Waals surface area (Å²) in [5.74, 6) is -2.11. The lowest BCUT2D eigenvalue weighted by atomic mass is 9.96. The molecular weight excluding hydrogens is 829 g/mol. The molecule has 9 rings (SSSR count). The van der Waals surface area contributed by atoms with E-state index in [4.69, 9.17) is 21.7 Å². The van der Waals surface area contributed by atoms with Gasteiger partial charge in [0.1, 0.15) is 12.1 Å². The van der Waals surface area contributed by atoms with Gasteiger partial charge in [-0.1, -0.05) is 103 Å². The minimum atomic E-state index is -1.14. The van der Waals surface area contributed by atoms with Gasteiger partial charge >= 0.3 is 11.9 Å². The normalized spacial score (nSPS) is 12.0. The van der Waals surface area contributed by atoms with E-state index in [0.29, 0.717) is 28.5 Å². The molecule has 0 radical (unpaired) electrons. The van der Waals surface area contributed by atoms with Gasteiger partial charge < -0.3 is 35.4 Å². The molecule has 0 aliphatic heterocycles. The topological polar surface area (TPSA) is 185 Å². The maximum absolute atomic E-state index is 12.0. The third kappa shape index (κ3) is 9.37. The van der Waals surface area contributed by atoms with Crippen LogP contribution in [-0.4, -0.2) is 52.9 Å². The molecule has 3 aromatic heterocycles. The van der Waals surface area contributed by atoms with Crippen LogP contribution in [-0.2, 0) is 43.6 Å². The molecule has 2 atom stereocenters. The number of benzene rings is 6. The van der Waals surface area contributed by atoms with Gasteiger partial charge in [-0.3, -0.25) is 19.7 Å². The lowest BCUT2D eigenvalue weighted by Crippen LogP contribution is -2.32. The van der Waals surface area contributed by atoms with Gasteiger partial charge in [-0.25, -0.2) is 0 Å². The molecule has 66 heavy (non-hydrogen) atoms. The minimum absolute atomic E-state index is 0.0232. The number of hydrogen-bond donors (Lipinski definition) is 4. The molecule has 0 aliphatic rings. The first-order chi connectivity index (χ1) is 31.6. The Hall–Kier alpha value is -7.80. The molecule has 0 saturated carbocycles. The smallest absolute Gasteiger partial charge is 0.320 e. The van der Waals surface area contributed by atoms with Gasteiger partial charge in [-0.05, 0) is 102 Å². The van der Waals surface area contributed by atoms with Crippen LogP contribution in [0.1, 0.15) is 28.2 Å². The zero-order valence-electron chi connectivity index (χ0n) is 37.9. The summed E-state index contributed by atoms with van der Waals surface area (Å²) < 4.78 is 6.15. The fourth-order valence-electron chi connectivity index (χ4n) is 8.64. The monoisotopic (exact) mass is 882 g/mol. The molecule has 0 bridgehead atoms. The summed E-state index contributed by atoms with van der Waals surface area (Å²) >= 11 is 0. The number of aryl methyl sites for hydroxylation is 4. The maximum Gasteiger partial charge on any atom is 0.320 e. The van der Waals surface area contributed by atoms with E-state index in [1.807, 2.05) is 80.1 Å². The van der Waals surface area contributed by atoms with E-state index in [0.717, 1.165) is 44.5 Å². The SMILES string of the molecule is Cc1c(CC(N)C(=O)O)c2c([N+](=O)[O-])c(-c3ccccc3)ccc2n1C.Cc1c(CC(N)C(=O)O)c2cc(-c3ccccc3)ccc2n1C.Cc1cc2cc(-c3ccccc3)ccc2n1C. The van der Waals surface area contributed by atoms with Crippen LogP contribution in [0, 0.1) is 30.9 Å². The van der Waals surface area contributed by atoms with Gasteiger partial charge in [0.2, 0.25) is 0 Å². The van der Waals surface area contributed by atoms with Gasteiger partial charge in [0.15, 0.2) is 0 Å². The summed E-state index contributed by atoms with van der Waals surface area (Å²) in [6.45, 7) is 5.96. The Kier molecular flexibility index (Phi) is 13.7. The van der Waals surface area contributed by atoms with Crippen LogP contribution in [0.25, 0.3) is 66.1 Å². The quantitative estimate of drug-likeness (QED) is 0.0772. The third-order valence-corrected chi connectivity index (χ3v) is 12.6. The van der Waals surface area contributed by atoms with E-state index in [9.17, 15) is 19.7 Å². The van der Waals surface area contributed by atoms with Crippen molar-refractivity contribution in [3.8, 4) is 33.4 Å². The van der Waals surface area contributed by atoms with E-state index in [2.05, 4.69) is 108 Å².